The number of rotatable bonds is 8. The van der Waals surface area contributed by atoms with Gasteiger partial charge in [-0.05, 0) is 62.1 Å². The van der Waals surface area contributed by atoms with E-state index in [1.54, 1.807) is 17.0 Å². The van der Waals surface area contributed by atoms with E-state index in [4.69, 9.17) is 13.9 Å². The van der Waals surface area contributed by atoms with Crippen LogP contribution in [0.15, 0.2) is 46.6 Å². The number of hydrogen-bond donors (Lipinski definition) is 3. The molecular weight excluding hydrogens is 489 g/mol. The molecule has 0 radical (unpaired) electrons. The van der Waals surface area contributed by atoms with Crippen LogP contribution in [0.25, 0.3) is 11.0 Å². The lowest BCUT2D eigenvalue weighted by Crippen LogP contribution is -2.50. The first-order valence-electron chi connectivity index (χ1n) is 13.1. The molecule has 4 rings (SSSR count). The number of piperidine rings is 1. The van der Waals surface area contributed by atoms with Crippen LogP contribution in [0.4, 0.5) is 4.79 Å². The second kappa shape index (κ2) is 13.0. The molecule has 4 atom stereocenters. The minimum Gasteiger partial charge on any atom is -0.464 e. The van der Waals surface area contributed by atoms with Gasteiger partial charge in [0.15, 0.2) is 0 Å². The lowest BCUT2D eigenvalue weighted by Gasteiger charge is -2.35. The molecule has 2 unspecified atom stereocenters. The number of amides is 2. The number of benzene rings is 1. The van der Waals surface area contributed by atoms with Gasteiger partial charge in [0.05, 0.1) is 24.4 Å². The number of likely N-dealkylation sites (tertiary alicyclic amines) is 1. The number of ether oxygens (including phenoxy) is 2. The highest BCUT2D eigenvalue weighted by Crippen LogP contribution is 2.24. The lowest BCUT2D eigenvalue weighted by atomic mass is 9.76. The van der Waals surface area contributed by atoms with Crippen molar-refractivity contribution in [1.29, 1.82) is 5.26 Å². The molecule has 0 bridgehead atoms. The zero-order valence-electron chi connectivity index (χ0n) is 21.5. The van der Waals surface area contributed by atoms with Gasteiger partial charge in [-0.25, -0.2) is 4.79 Å². The van der Waals surface area contributed by atoms with Crippen LogP contribution in [0.5, 0.6) is 0 Å². The van der Waals surface area contributed by atoms with E-state index >= 15 is 0 Å². The zero-order chi connectivity index (χ0) is 27.1. The highest BCUT2D eigenvalue weighted by Gasteiger charge is 2.32. The van der Waals surface area contributed by atoms with Crippen molar-refractivity contribution in [2.75, 3.05) is 19.8 Å². The summed E-state index contributed by atoms with van der Waals surface area (Å²) in [6.45, 7) is 3.11. The van der Waals surface area contributed by atoms with Crippen LogP contribution in [0, 0.1) is 17.2 Å². The fourth-order valence-corrected chi connectivity index (χ4v) is 5.08. The Morgan fingerprint density at radius 1 is 1.32 bits per heavy atom. The summed E-state index contributed by atoms with van der Waals surface area (Å²) in [5, 5.41) is 32.7. The van der Waals surface area contributed by atoms with Gasteiger partial charge in [0.25, 0.3) is 5.91 Å². The predicted molar refractivity (Wildman–Crippen MR) is 140 cm³/mol. The van der Waals surface area contributed by atoms with E-state index in [-0.39, 0.29) is 30.7 Å². The SMILES string of the molecule is CC1CCOC(C=C(C#N)C(=O)N2CCCC[C@@H]2COC(=O)N[C@@H](Cc2coc3ccccc23)B(O)O)C1. The smallest absolute Gasteiger partial charge is 0.464 e. The average molecular weight is 523 g/mol. The summed E-state index contributed by atoms with van der Waals surface area (Å²) in [7, 11) is -1.82. The van der Waals surface area contributed by atoms with E-state index in [9.17, 15) is 24.9 Å². The van der Waals surface area contributed by atoms with Crippen molar-refractivity contribution in [2.24, 2.45) is 5.92 Å². The third-order valence-electron chi connectivity index (χ3n) is 7.24. The van der Waals surface area contributed by atoms with Crippen molar-refractivity contribution < 1.29 is 33.5 Å². The molecule has 2 aliphatic rings. The van der Waals surface area contributed by atoms with Gasteiger partial charge in [0, 0.05) is 18.5 Å². The molecule has 0 aliphatic carbocycles. The molecule has 202 valence electrons. The Bertz CT molecular complexity index is 1190. The summed E-state index contributed by atoms with van der Waals surface area (Å²) in [4.78, 5) is 27.4. The highest BCUT2D eigenvalue weighted by atomic mass is 16.5. The fraction of sp³-hybridized carbons (Fsp3) is 0.519. The average Bonchev–Trinajstić information content (AvgIpc) is 3.32. The third kappa shape index (κ3) is 6.95. The first-order valence-corrected chi connectivity index (χ1v) is 13.1. The number of carbonyl (C=O) groups is 2. The largest absolute Gasteiger partial charge is 0.475 e. The van der Waals surface area contributed by atoms with Crippen LogP contribution < -0.4 is 5.32 Å². The van der Waals surface area contributed by atoms with Crippen LogP contribution in [0.1, 0.15) is 44.6 Å². The molecule has 11 heteroatoms. The van der Waals surface area contributed by atoms with Crippen molar-refractivity contribution in [2.45, 2.75) is 63.5 Å². The van der Waals surface area contributed by atoms with Gasteiger partial charge < -0.3 is 34.2 Å². The molecule has 2 fully saturated rings. The number of furan rings is 1. The Morgan fingerprint density at radius 2 is 2.13 bits per heavy atom. The van der Waals surface area contributed by atoms with E-state index < -0.39 is 25.1 Å². The van der Waals surface area contributed by atoms with Crippen molar-refractivity contribution in [3.05, 3.63) is 47.7 Å². The molecule has 1 aromatic carbocycles. The third-order valence-corrected chi connectivity index (χ3v) is 7.24. The second-order valence-corrected chi connectivity index (χ2v) is 10.1. The monoisotopic (exact) mass is 523 g/mol. The normalized spacial score (nSPS) is 22.9. The molecule has 3 heterocycles. The second-order valence-electron chi connectivity index (χ2n) is 10.1. The quantitative estimate of drug-likeness (QED) is 0.272. The van der Waals surface area contributed by atoms with Gasteiger partial charge in [-0.2, -0.15) is 5.26 Å². The summed E-state index contributed by atoms with van der Waals surface area (Å²) in [6, 6.07) is 8.98. The summed E-state index contributed by atoms with van der Waals surface area (Å²) in [6.07, 6.45) is 6.17. The molecule has 0 spiro atoms. The van der Waals surface area contributed by atoms with Crippen LogP contribution >= 0.6 is 0 Å². The van der Waals surface area contributed by atoms with Crippen molar-refractivity contribution in [3.63, 3.8) is 0 Å². The molecule has 3 N–H and O–H groups in total. The number of alkyl carbamates (subject to hydrolysis) is 1. The van der Waals surface area contributed by atoms with Gasteiger partial charge in [0.1, 0.15) is 23.8 Å². The zero-order valence-corrected chi connectivity index (χ0v) is 21.5. The maximum atomic E-state index is 13.2. The van der Waals surface area contributed by atoms with Crippen LogP contribution in [-0.4, -0.2) is 71.9 Å². The number of hydrogen-bond acceptors (Lipinski definition) is 8. The Morgan fingerprint density at radius 3 is 2.89 bits per heavy atom. The molecule has 2 amide bonds. The standard InChI is InChI=1S/C27H34BN3O7/c1-18-9-11-36-22(12-18)13-19(15-29)26(32)31-10-5-4-6-21(31)17-38-27(33)30-25(28(34)35)14-20-16-37-24-8-3-2-7-23(20)24/h2-3,7-8,13,16,18,21-22,25,34-35H,4-6,9-12,14,17H2,1H3,(H,30,33)/t18?,21-,22?,25+/m1/s1. The van der Waals surface area contributed by atoms with Crippen molar-refractivity contribution >= 4 is 30.1 Å². The number of nitriles is 1. The molecule has 38 heavy (non-hydrogen) atoms. The first kappa shape index (κ1) is 27.7. The molecule has 2 aromatic rings. The van der Waals surface area contributed by atoms with E-state index in [1.807, 2.05) is 24.3 Å². The first-order chi connectivity index (χ1) is 18.4. The van der Waals surface area contributed by atoms with E-state index in [0.29, 0.717) is 31.1 Å². The topological polar surface area (TPSA) is 145 Å². The van der Waals surface area contributed by atoms with Crippen LogP contribution in [0.2, 0.25) is 0 Å². The minimum atomic E-state index is -1.82. The van der Waals surface area contributed by atoms with Crippen LogP contribution in [0.3, 0.4) is 0 Å². The van der Waals surface area contributed by atoms with E-state index in [1.165, 1.54) is 6.26 Å². The number of nitrogens with one attached hydrogen (secondary N) is 1. The van der Waals surface area contributed by atoms with Gasteiger partial charge in [-0.1, -0.05) is 25.1 Å². The Balaban J connectivity index is 1.35. The maximum Gasteiger partial charge on any atom is 0.475 e. The number of para-hydroxylation sites is 1. The predicted octanol–water partition coefficient (Wildman–Crippen LogP) is 2.73. The van der Waals surface area contributed by atoms with Gasteiger partial charge in [-0.3, -0.25) is 4.79 Å². The lowest BCUT2D eigenvalue weighted by molar-refractivity contribution is -0.131. The number of fused-ring (bicyclic) bond motifs is 1. The number of carbonyl (C=O) groups excluding carboxylic acids is 2. The van der Waals surface area contributed by atoms with E-state index in [2.05, 4.69) is 12.2 Å². The molecular formula is C27H34BN3O7. The molecule has 0 saturated carbocycles. The van der Waals surface area contributed by atoms with Crippen molar-refractivity contribution in [1.82, 2.24) is 10.2 Å². The fourth-order valence-electron chi connectivity index (χ4n) is 5.08. The van der Waals surface area contributed by atoms with Gasteiger partial charge in [0.2, 0.25) is 0 Å². The minimum absolute atomic E-state index is 0.0382. The molecule has 10 nitrogen and oxygen atoms in total. The summed E-state index contributed by atoms with van der Waals surface area (Å²) in [5.41, 5.74) is 1.42. The Hall–Kier alpha value is -3.33. The highest BCUT2D eigenvalue weighted by molar-refractivity contribution is 6.43. The molecule has 1 aromatic heterocycles. The number of nitrogens with zero attached hydrogens (tertiary/aromatic N) is 2. The Kier molecular flexibility index (Phi) is 9.45. The molecule has 2 aliphatic heterocycles. The summed E-state index contributed by atoms with van der Waals surface area (Å²) in [5.74, 6) is -0.958. The van der Waals surface area contributed by atoms with Gasteiger partial charge >= 0.3 is 13.2 Å². The van der Waals surface area contributed by atoms with Crippen molar-refractivity contribution in [3.8, 4) is 6.07 Å². The Labute approximate surface area is 222 Å². The van der Waals surface area contributed by atoms with Gasteiger partial charge in [-0.15, -0.1) is 0 Å². The van der Waals surface area contributed by atoms with Crippen LogP contribution in [-0.2, 0) is 20.7 Å². The molecule has 2 saturated heterocycles. The summed E-state index contributed by atoms with van der Waals surface area (Å²) >= 11 is 0. The van der Waals surface area contributed by atoms with E-state index in [0.717, 1.165) is 36.6 Å². The summed E-state index contributed by atoms with van der Waals surface area (Å²) < 4.78 is 16.6. The maximum absolute atomic E-state index is 13.2.